The van der Waals surface area contributed by atoms with Gasteiger partial charge in [0.1, 0.15) is 35.2 Å². The van der Waals surface area contributed by atoms with Crippen molar-refractivity contribution in [3.63, 3.8) is 0 Å². The van der Waals surface area contributed by atoms with E-state index in [0.29, 0.717) is 0 Å². The van der Waals surface area contributed by atoms with Gasteiger partial charge in [0.15, 0.2) is 35.2 Å². The Hall–Kier alpha value is -4.69. The maximum absolute atomic E-state index is 13.4. The van der Waals surface area contributed by atoms with Gasteiger partial charge in [0.25, 0.3) is 0 Å². The third-order valence-electron chi connectivity index (χ3n) is 5.53. The molecule has 3 aromatic rings. The van der Waals surface area contributed by atoms with Crippen molar-refractivity contribution >= 4 is 22.9 Å². The average Bonchev–Trinajstić information content (AvgIpc) is 3.10. The molecule has 14 heteroatoms. The predicted molar refractivity (Wildman–Crippen MR) is 124 cm³/mol. The summed E-state index contributed by atoms with van der Waals surface area (Å²) in [5.41, 5.74) is -1.54. The molecule has 4 atom stereocenters. The Morgan fingerprint density at radius 1 is 0.947 bits per heavy atom. The highest BCUT2D eigenvalue weighted by Gasteiger charge is 2.48. The zero-order valence-electron chi connectivity index (χ0n) is 19.8. The molecule has 4 rings (SSSR count). The lowest BCUT2D eigenvalue weighted by atomic mass is 10.1. The van der Waals surface area contributed by atoms with Gasteiger partial charge in [0, 0.05) is 31.5 Å². The number of rotatable bonds is 6. The number of hydrogen-bond acceptors (Lipinski definition) is 14. The van der Waals surface area contributed by atoms with Gasteiger partial charge in [0.05, 0.1) is 0 Å². The number of aromatic hydroxyl groups is 5. The second-order valence-corrected chi connectivity index (χ2v) is 8.32. The van der Waals surface area contributed by atoms with Gasteiger partial charge in [-0.2, -0.15) is 0 Å². The lowest BCUT2D eigenvalue weighted by molar-refractivity contribution is -0.158. The van der Waals surface area contributed by atoms with Gasteiger partial charge in [-0.15, -0.1) is 0 Å². The fourth-order valence-corrected chi connectivity index (χ4v) is 3.89. The van der Waals surface area contributed by atoms with Crippen LogP contribution in [0.4, 0.5) is 0 Å². The van der Waals surface area contributed by atoms with E-state index in [1.54, 1.807) is 0 Å². The minimum atomic E-state index is -1.71. The molecule has 0 spiro atoms. The molecule has 38 heavy (non-hydrogen) atoms. The Morgan fingerprint density at radius 2 is 1.61 bits per heavy atom. The molecule has 0 radical (unpaired) electrons. The first-order valence-electron chi connectivity index (χ1n) is 11.0. The molecular weight excluding hydrogens is 512 g/mol. The smallest absolute Gasteiger partial charge is 0.303 e. The molecule has 1 aliphatic rings. The minimum Gasteiger partial charge on any atom is -0.508 e. The molecule has 4 unspecified atom stereocenters. The van der Waals surface area contributed by atoms with Gasteiger partial charge in [-0.05, 0) is 12.1 Å². The van der Waals surface area contributed by atoms with Crippen molar-refractivity contribution in [2.45, 2.75) is 38.4 Å². The first kappa shape index (κ1) is 26.4. The van der Waals surface area contributed by atoms with Crippen LogP contribution in [0.25, 0.3) is 22.3 Å². The second-order valence-electron chi connectivity index (χ2n) is 8.32. The molecule has 6 N–H and O–H groups in total. The number of hydrogen-bond donors (Lipinski definition) is 6. The summed E-state index contributed by atoms with van der Waals surface area (Å²) in [4.78, 5) is 36.3. The van der Waals surface area contributed by atoms with Gasteiger partial charge >= 0.3 is 11.9 Å². The lowest BCUT2D eigenvalue weighted by Crippen LogP contribution is -2.40. The van der Waals surface area contributed by atoms with Crippen molar-refractivity contribution < 1.29 is 63.6 Å². The molecule has 2 aromatic carbocycles. The van der Waals surface area contributed by atoms with E-state index in [4.69, 9.17) is 23.4 Å². The largest absolute Gasteiger partial charge is 0.508 e. The van der Waals surface area contributed by atoms with E-state index in [0.717, 1.165) is 38.1 Å². The summed E-state index contributed by atoms with van der Waals surface area (Å²) in [6, 6.07) is 3.72. The van der Waals surface area contributed by atoms with E-state index in [1.807, 2.05) is 0 Å². The van der Waals surface area contributed by atoms with E-state index >= 15 is 0 Å². The van der Waals surface area contributed by atoms with Crippen LogP contribution in [0.15, 0.2) is 33.5 Å². The maximum Gasteiger partial charge on any atom is 0.303 e. The molecule has 1 saturated heterocycles. The molecule has 0 aliphatic carbocycles. The number of carbonyl (C=O) groups excluding carboxylic acids is 2. The van der Waals surface area contributed by atoms with Crippen LogP contribution in [-0.2, 0) is 23.8 Å². The number of aliphatic hydroxyl groups is 1. The van der Waals surface area contributed by atoms with E-state index < -0.39 is 94.2 Å². The SMILES string of the molecule is CC(=O)OCC1OC(Oc2c(-c3cc(O)c(O)c(O)c3)oc3cc(O)cc(O)c3c2=O)C(O)C1OC(C)=O. The summed E-state index contributed by atoms with van der Waals surface area (Å²) in [6.45, 7) is 1.75. The highest BCUT2D eigenvalue weighted by molar-refractivity contribution is 5.88. The van der Waals surface area contributed by atoms with Gasteiger partial charge in [-0.3, -0.25) is 14.4 Å². The maximum atomic E-state index is 13.4. The number of ether oxygens (including phenoxy) is 4. The zero-order chi connectivity index (χ0) is 27.9. The van der Waals surface area contributed by atoms with Crippen LogP contribution in [0.2, 0.25) is 0 Å². The molecule has 1 aromatic heterocycles. The van der Waals surface area contributed by atoms with Crippen molar-refractivity contribution in [2.24, 2.45) is 0 Å². The first-order chi connectivity index (χ1) is 17.9. The molecule has 0 saturated carbocycles. The number of phenols is 5. The normalized spacial score (nSPS) is 20.8. The number of carbonyl (C=O) groups is 2. The molecule has 0 amide bonds. The Balaban J connectivity index is 1.85. The van der Waals surface area contributed by atoms with Gasteiger partial charge in [-0.1, -0.05) is 0 Å². The van der Waals surface area contributed by atoms with E-state index in [9.17, 15) is 45.0 Å². The van der Waals surface area contributed by atoms with Crippen LogP contribution in [-0.4, -0.2) is 73.8 Å². The van der Waals surface area contributed by atoms with Crippen molar-refractivity contribution in [2.75, 3.05) is 6.61 Å². The Kier molecular flexibility index (Phi) is 6.93. The van der Waals surface area contributed by atoms with E-state index in [-0.39, 0.29) is 11.1 Å². The summed E-state index contributed by atoms with van der Waals surface area (Å²) < 4.78 is 26.9. The van der Waals surface area contributed by atoms with Crippen LogP contribution < -0.4 is 10.2 Å². The molecule has 1 fully saturated rings. The van der Waals surface area contributed by atoms with Crippen molar-refractivity contribution in [1.82, 2.24) is 0 Å². The zero-order valence-corrected chi connectivity index (χ0v) is 19.8. The first-order valence-corrected chi connectivity index (χ1v) is 11.0. The second kappa shape index (κ2) is 9.99. The monoisotopic (exact) mass is 534 g/mol. The van der Waals surface area contributed by atoms with Crippen LogP contribution in [0.3, 0.4) is 0 Å². The molecular formula is C24H22O14. The highest BCUT2D eigenvalue weighted by atomic mass is 16.7. The average molecular weight is 534 g/mol. The minimum absolute atomic E-state index is 0.199. The molecule has 2 heterocycles. The number of phenolic OH excluding ortho intramolecular Hbond substituents is 5. The van der Waals surface area contributed by atoms with E-state index in [1.165, 1.54) is 0 Å². The Morgan fingerprint density at radius 3 is 2.21 bits per heavy atom. The topological polar surface area (TPSA) is 223 Å². The summed E-state index contributed by atoms with van der Waals surface area (Å²) in [6.07, 6.45) is -6.00. The van der Waals surface area contributed by atoms with E-state index in [2.05, 4.69) is 0 Å². The molecule has 14 nitrogen and oxygen atoms in total. The lowest BCUT2D eigenvalue weighted by Gasteiger charge is -2.20. The van der Waals surface area contributed by atoms with Crippen molar-refractivity contribution in [3.05, 3.63) is 34.5 Å². The third-order valence-corrected chi connectivity index (χ3v) is 5.53. The number of esters is 2. The van der Waals surface area contributed by atoms with Gasteiger partial charge in [-0.25, -0.2) is 0 Å². The number of aliphatic hydroxyl groups excluding tert-OH is 1. The third kappa shape index (κ3) is 4.94. The Labute approximate surface area is 212 Å². The highest BCUT2D eigenvalue weighted by Crippen LogP contribution is 2.43. The van der Waals surface area contributed by atoms with Crippen molar-refractivity contribution in [1.29, 1.82) is 0 Å². The van der Waals surface area contributed by atoms with Gasteiger partial charge < -0.3 is 54.0 Å². The van der Waals surface area contributed by atoms with Crippen LogP contribution in [0.1, 0.15) is 13.8 Å². The predicted octanol–water partition coefficient (Wildman–Crippen LogP) is 0.947. The standard InChI is InChI=1S/C24H22O14/c1-8(25)34-7-16-22(35-9(2)26)20(33)24(37-16)38-23-19(32)17-12(28)5-11(27)6-15(17)36-21(23)10-3-13(29)18(31)14(30)4-10/h3-6,16,20,22,24,27-31,33H,7H2,1-2H3. The fourth-order valence-electron chi connectivity index (χ4n) is 3.89. The van der Waals surface area contributed by atoms with Crippen LogP contribution in [0.5, 0.6) is 34.5 Å². The van der Waals surface area contributed by atoms with Gasteiger partial charge in [0.2, 0.25) is 17.5 Å². The fraction of sp³-hybridized carbons (Fsp3) is 0.292. The summed E-state index contributed by atoms with van der Waals surface area (Å²) in [5.74, 6) is -6.22. The number of fused-ring (bicyclic) bond motifs is 1. The van der Waals surface area contributed by atoms with Crippen molar-refractivity contribution in [3.8, 4) is 45.8 Å². The molecule has 1 aliphatic heterocycles. The summed E-state index contributed by atoms with van der Waals surface area (Å²) >= 11 is 0. The van der Waals surface area contributed by atoms with Crippen LogP contribution >= 0.6 is 0 Å². The molecule has 202 valence electrons. The van der Waals surface area contributed by atoms with Crippen LogP contribution in [0, 0.1) is 0 Å². The summed E-state index contributed by atoms with van der Waals surface area (Å²) in [5, 5.41) is 60.2. The quantitative estimate of drug-likeness (QED) is 0.191. The number of benzene rings is 2. The molecule has 0 bridgehead atoms. The Bertz CT molecular complexity index is 1450. The summed E-state index contributed by atoms with van der Waals surface area (Å²) in [7, 11) is 0.